The van der Waals surface area contributed by atoms with Crippen molar-refractivity contribution in [3.8, 4) is 0 Å². The van der Waals surface area contributed by atoms with Crippen LogP contribution in [0, 0.1) is 0 Å². The fraction of sp³-hybridized carbons (Fsp3) is 0.385. The first-order valence-corrected chi connectivity index (χ1v) is 8.25. The molecule has 0 bridgehead atoms. The summed E-state index contributed by atoms with van der Waals surface area (Å²) in [6.07, 6.45) is 1.62. The van der Waals surface area contributed by atoms with E-state index in [0.717, 1.165) is 18.9 Å². The van der Waals surface area contributed by atoms with Crippen LogP contribution in [0.5, 0.6) is 0 Å². The summed E-state index contributed by atoms with van der Waals surface area (Å²) in [7, 11) is -4.13. The predicted octanol–water partition coefficient (Wildman–Crippen LogP) is 2.33. The van der Waals surface area contributed by atoms with Crippen molar-refractivity contribution in [2.45, 2.75) is 31.6 Å². The molecule has 0 fully saturated rings. The van der Waals surface area contributed by atoms with Crippen LogP contribution < -0.4 is 10.0 Å². The molecule has 0 aliphatic rings. The van der Waals surface area contributed by atoms with E-state index >= 15 is 0 Å². The van der Waals surface area contributed by atoms with Crippen molar-refractivity contribution in [1.82, 2.24) is 10.0 Å². The first-order valence-electron chi connectivity index (χ1n) is 6.39. The number of nitrogens with one attached hydrogen (secondary N) is 2. The number of rotatable bonds is 6. The molecule has 0 radical (unpaired) electrons. The summed E-state index contributed by atoms with van der Waals surface area (Å²) in [6.45, 7) is 3.63. The minimum absolute atomic E-state index is 0.0612. The van der Waals surface area contributed by atoms with Crippen molar-refractivity contribution in [2.75, 3.05) is 6.54 Å². The number of benzene rings is 1. The summed E-state index contributed by atoms with van der Waals surface area (Å²) < 4.78 is 26.1. The molecule has 0 aliphatic heterocycles. The lowest BCUT2D eigenvalue weighted by Gasteiger charge is -2.10. The maximum atomic E-state index is 12.1. The van der Waals surface area contributed by atoms with Crippen LogP contribution >= 0.6 is 11.6 Å². The number of sulfonamides is 1. The van der Waals surface area contributed by atoms with Crippen LogP contribution in [0.25, 0.3) is 0 Å². The van der Waals surface area contributed by atoms with Gasteiger partial charge in [0.2, 0.25) is 0 Å². The van der Waals surface area contributed by atoms with E-state index < -0.39 is 16.1 Å². The molecule has 116 valence electrons. The van der Waals surface area contributed by atoms with Gasteiger partial charge in [0.25, 0.3) is 10.0 Å². The average molecular weight is 333 g/mol. The summed E-state index contributed by atoms with van der Waals surface area (Å²) in [5.41, 5.74) is 0.200. The van der Waals surface area contributed by atoms with Gasteiger partial charge in [-0.3, -0.25) is 4.79 Å². The second-order valence-corrected chi connectivity index (χ2v) is 6.47. The minimum atomic E-state index is -4.13. The lowest BCUT2D eigenvalue weighted by molar-refractivity contribution is 0.101. The number of urea groups is 1. The van der Waals surface area contributed by atoms with Gasteiger partial charge in [-0.2, -0.15) is 0 Å². The van der Waals surface area contributed by atoms with Gasteiger partial charge in [0.15, 0.2) is 5.78 Å². The molecule has 2 N–H and O–H groups in total. The lowest BCUT2D eigenvalue weighted by atomic mass is 10.1. The Balaban J connectivity index is 2.95. The molecule has 0 atom stereocenters. The van der Waals surface area contributed by atoms with Crippen molar-refractivity contribution in [3.63, 3.8) is 0 Å². The molecule has 0 saturated carbocycles. The second-order valence-electron chi connectivity index (χ2n) is 4.42. The number of halogens is 1. The molecule has 2 amide bonds. The summed E-state index contributed by atoms with van der Waals surface area (Å²) in [5.74, 6) is -0.296. The van der Waals surface area contributed by atoms with Crippen LogP contribution in [0.1, 0.15) is 37.0 Å². The van der Waals surface area contributed by atoms with Gasteiger partial charge in [-0.05, 0) is 31.5 Å². The largest absolute Gasteiger partial charge is 0.337 e. The van der Waals surface area contributed by atoms with Crippen LogP contribution in [-0.2, 0) is 10.0 Å². The number of amides is 2. The first-order chi connectivity index (χ1) is 9.77. The molecule has 6 nitrogen and oxygen atoms in total. The zero-order valence-electron chi connectivity index (χ0n) is 11.8. The highest BCUT2D eigenvalue weighted by Crippen LogP contribution is 2.22. The highest BCUT2D eigenvalue weighted by molar-refractivity contribution is 7.90. The molecule has 0 unspecified atom stereocenters. The van der Waals surface area contributed by atoms with Gasteiger partial charge in [-0.15, -0.1) is 0 Å². The van der Waals surface area contributed by atoms with Gasteiger partial charge < -0.3 is 5.32 Å². The van der Waals surface area contributed by atoms with Crippen LogP contribution in [0.4, 0.5) is 4.79 Å². The molecular weight excluding hydrogens is 316 g/mol. The molecule has 1 rings (SSSR count). The topological polar surface area (TPSA) is 92.3 Å². The van der Waals surface area contributed by atoms with E-state index in [-0.39, 0.29) is 21.3 Å². The quantitative estimate of drug-likeness (QED) is 0.617. The third-order valence-corrected chi connectivity index (χ3v) is 4.48. The zero-order chi connectivity index (χ0) is 16.0. The predicted molar refractivity (Wildman–Crippen MR) is 80.1 cm³/mol. The van der Waals surface area contributed by atoms with Crippen LogP contribution in [0.2, 0.25) is 5.02 Å². The van der Waals surface area contributed by atoms with Crippen molar-refractivity contribution >= 4 is 33.4 Å². The Labute approximate surface area is 128 Å². The molecule has 21 heavy (non-hydrogen) atoms. The zero-order valence-corrected chi connectivity index (χ0v) is 13.3. The first kappa shape index (κ1) is 17.5. The third kappa shape index (κ3) is 5.02. The molecule has 0 spiro atoms. The van der Waals surface area contributed by atoms with E-state index in [1.807, 2.05) is 11.6 Å². The highest BCUT2D eigenvalue weighted by atomic mass is 35.5. The molecule has 1 aromatic rings. The van der Waals surface area contributed by atoms with Gasteiger partial charge in [-0.1, -0.05) is 24.9 Å². The SMILES string of the molecule is CCCCNC(=O)NS(=O)(=O)c1cc(C(C)=O)ccc1Cl. The summed E-state index contributed by atoms with van der Waals surface area (Å²) in [5, 5.41) is 2.37. The average Bonchev–Trinajstić information content (AvgIpc) is 2.38. The molecule has 1 aromatic carbocycles. The molecule has 0 heterocycles. The molecule has 0 aliphatic carbocycles. The van der Waals surface area contributed by atoms with Crippen molar-refractivity contribution in [3.05, 3.63) is 28.8 Å². The third-order valence-electron chi connectivity index (χ3n) is 2.67. The molecule has 8 heteroatoms. The maximum Gasteiger partial charge on any atom is 0.328 e. The Hall–Kier alpha value is -1.60. The Morgan fingerprint density at radius 2 is 1.95 bits per heavy atom. The van der Waals surface area contributed by atoms with Gasteiger partial charge in [0.05, 0.1) is 5.02 Å². The van der Waals surface area contributed by atoms with Gasteiger partial charge in [-0.25, -0.2) is 17.9 Å². The van der Waals surface area contributed by atoms with E-state index in [0.29, 0.717) is 6.54 Å². The van der Waals surface area contributed by atoms with E-state index in [2.05, 4.69) is 5.32 Å². The molecule has 0 saturated heterocycles. The summed E-state index contributed by atoms with van der Waals surface area (Å²) in [6, 6.07) is 3.05. The molecule has 0 aromatic heterocycles. The number of ketones is 1. The number of hydrogen-bond acceptors (Lipinski definition) is 4. The number of Topliss-reactive ketones (excluding diaryl/α,β-unsaturated/α-hetero) is 1. The monoisotopic (exact) mass is 332 g/mol. The van der Waals surface area contributed by atoms with Gasteiger partial charge >= 0.3 is 6.03 Å². The van der Waals surface area contributed by atoms with Crippen LogP contribution in [0.3, 0.4) is 0 Å². The number of hydrogen-bond donors (Lipinski definition) is 2. The summed E-state index contributed by atoms with van der Waals surface area (Å²) >= 11 is 5.83. The number of carbonyl (C=O) groups is 2. The van der Waals surface area contributed by atoms with E-state index in [1.165, 1.54) is 19.1 Å². The fourth-order valence-electron chi connectivity index (χ4n) is 1.52. The lowest BCUT2D eigenvalue weighted by Crippen LogP contribution is -2.39. The highest BCUT2D eigenvalue weighted by Gasteiger charge is 2.21. The Morgan fingerprint density at radius 1 is 1.29 bits per heavy atom. The Bertz CT molecular complexity index is 644. The van der Waals surface area contributed by atoms with Gasteiger partial charge in [0.1, 0.15) is 4.90 Å². The van der Waals surface area contributed by atoms with Crippen molar-refractivity contribution < 1.29 is 18.0 Å². The normalized spacial score (nSPS) is 11.0. The maximum absolute atomic E-state index is 12.1. The van der Waals surface area contributed by atoms with E-state index in [9.17, 15) is 18.0 Å². The van der Waals surface area contributed by atoms with E-state index in [1.54, 1.807) is 0 Å². The van der Waals surface area contributed by atoms with Gasteiger partial charge in [0, 0.05) is 12.1 Å². The standard InChI is InChI=1S/C13H17ClN2O4S/c1-3-4-7-15-13(18)16-21(19,20)12-8-10(9(2)17)5-6-11(12)14/h5-6,8H,3-4,7H2,1-2H3,(H2,15,16,18). The Morgan fingerprint density at radius 3 is 2.52 bits per heavy atom. The number of unbranched alkanes of at least 4 members (excludes halogenated alkanes) is 1. The van der Waals surface area contributed by atoms with Crippen LogP contribution in [0.15, 0.2) is 23.1 Å². The van der Waals surface area contributed by atoms with Crippen molar-refractivity contribution in [2.24, 2.45) is 0 Å². The van der Waals surface area contributed by atoms with E-state index in [4.69, 9.17) is 11.6 Å². The number of carbonyl (C=O) groups excluding carboxylic acids is 2. The minimum Gasteiger partial charge on any atom is -0.337 e. The smallest absolute Gasteiger partial charge is 0.328 e. The Kier molecular flexibility index (Phi) is 6.17. The van der Waals surface area contributed by atoms with Crippen LogP contribution in [-0.4, -0.2) is 26.8 Å². The summed E-state index contributed by atoms with van der Waals surface area (Å²) in [4.78, 5) is 22.5. The molecular formula is C13H17ClN2O4S. The second kappa shape index (κ2) is 7.42. The fourth-order valence-corrected chi connectivity index (χ4v) is 2.98. The van der Waals surface area contributed by atoms with Crippen molar-refractivity contribution in [1.29, 1.82) is 0 Å².